The van der Waals surface area contributed by atoms with Crippen LogP contribution in [0.3, 0.4) is 0 Å². The van der Waals surface area contributed by atoms with Crippen molar-refractivity contribution in [3.63, 3.8) is 0 Å². The minimum atomic E-state index is -3.74. The Kier molecular flexibility index (Phi) is 6.85. The number of halogens is 2. The van der Waals surface area contributed by atoms with Gasteiger partial charge in [0.1, 0.15) is 5.69 Å². The van der Waals surface area contributed by atoms with E-state index in [1.165, 1.54) is 18.2 Å². The molecule has 2 aromatic carbocycles. The predicted octanol–water partition coefficient (Wildman–Crippen LogP) is 3.96. The van der Waals surface area contributed by atoms with Crippen LogP contribution in [0, 0.1) is 0 Å². The highest BCUT2D eigenvalue weighted by Crippen LogP contribution is 2.42. The molecule has 3 heterocycles. The van der Waals surface area contributed by atoms with E-state index in [1.54, 1.807) is 55.1 Å². The molecule has 0 atom stereocenters. The number of anilines is 2. The van der Waals surface area contributed by atoms with Crippen molar-refractivity contribution in [2.24, 2.45) is 0 Å². The highest BCUT2D eigenvalue weighted by atomic mass is 19.3. The Hall–Kier alpha value is -5.00. The molecule has 0 aliphatic carbocycles. The number of nitrogens with zero attached hydrogens (tertiary/aromatic N) is 2. The molecule has 0 spiro atoms. The largest absolute Gasteiger partial charge is 0.586 e. The first kappa shape index (κ1) is 24.7. The van der Waals surface area contributed by atoms with Crippen LogP contribution in [0.4, 0.5) is 20.2 Å². The number of nitrogens with one attached hydrogen (secondary N) is 4. The van der Waals surface area contributed by atoms with Crippen LogP contribution in [0.5, 0.6) is 11.5 Å². The number of amides is 2. The molecule has 0 radical (unpaired) electrons. The lowest BCUT2D eigenvalue weighted by molar-refractivity contribution is -0.286. The zero-order chi connectivity index (χ0) is 26.5. The Morgan fingerprint density at radius 3 is 2.68 bits per heavy atom. The van der Waals surface area contributed by atoms with E-state index in [9.17, 15) is 18.4 Å². The van der Waals surface area contributed by atoms with E-state index in [4.69, 9.17) is 0 Å². The zero-order valence-electron chi connectivity index (χ0n) is 19.8. The number of benzene rings is 2. The molecule has 0 saturated heterocycles. The van der Waals surface area contributed by atoms with Crippen LogP contribution in [-0.2, 0) is 13.0 Å². The third-order valence-corrected chi connectivity index (χ3v) is 5.61. The lowest BCUT2D eigenvalue weighted by Gasteiger charge is -2.13. The van der Waals surface area contributed by atoms with Gasteiger partial charge >= 0.3 is 6.29 Å². The molecule has 194 valence electrons. The summed E-state index contributed by atoms with van der Waals surface area (Å²) in [6.45, 7) is 0.750. The number of pyridine rings is 1. The van der Waals surface area contributed by atoms with E-state index in [1.807, 2.05) is 0 Å². The second kappa shape index (κ2) is 10.5. The van der Waals surface area contributed by atoms with Gasteiger partial charge in [-0.1, -0.05) is 12.1 Å². The van der Waals surface area contributed by atoms with E-state index >= 15 is 0 Å². The van der Waals surface area contributed by atoms with Crippen molar-refractivity contribution in [3.8, 4) is 11.5 Å². The number of carbonyl (C=O) groups is 2. The van der Waals surface area contributed by atoms with Gasteiger partial charge in [0.15, 0.2) is 11.5 Å². The molecule has 12 heteroatoms. The lowest BCUT2D eigenvalue weighted by Crippen LogP contribution is -2.26. The quantitative estimate of drug-likeness (QED) is 0.263. The minimum absolute atomic E-state index is 0.113. The van der Waals surface area contributed by atoms with Gasteiger partial charge in [0.05, 0.1) is 11.9 Å². The maximum Gasteiger partial charge on any atom is 0.586 e. The van der Waals surface area contributed by atoms with Crippen molar-refractivity contribution in [1.82, 2.24) is 20.3 Å². The monoisotopic (exact) mass is 520 g/mol. The molecule has 4 aromatic rings. The van der Waals surface area contributed by atoms with Crippen molar-refractivity contribution < 1.29 is 27.8 Å². The number of hydrogen-bond acceptors (Lipinski definition) is 7. The van der Waals surface area contributed by atoms with Crippen LogP contribution >= 0.6 is 0 Å². The van der Waals surface area contributed by atoms with Crippen LogP contribution in [-0.4, -0.2) is 39.6 Å². The Bertz CT molecular complexity index is 1460. The number of carbonyl (C=O) groups excluding carboxylic acids is 2. The van der Waals surface area contributed by atoms with Gasteiger partial charge in [-0.2, -0.15) is 0 Å². The number of H-pyrrole nitrogens is 1. The summed E-state index contributed by atoms with van der Waals surface area (Å²) >= 11 is 0. The Morgan fingerprint density at radius 1 is 1.00 bits per heavy atom. The summed E-state index contributed by atoms with van der Waals surface area (Å²) in [5.41, 5.74) is 3.11. The lowest BCUT2D eigenvalue weighted by atomic mass is 10.1. The third-order valence-electron chi connectivity index (χ3n) is 5.61. The van der Waals surface area contributed by atoms with E-state index in [0.29, 0.717) is 30.8 Å². The van der Waals surface area contributed by atoms with Crippen molar-refractivity contribution in [2.75, 3.05) is 17.2 Å². The molecule has 0 fully saturated rings. The number of aromatic amines is 1. The van der Waals surface area contributed by atoms with Crippen LogP contribution < -0.4 is 25.4 Å². The van der Waals surface area contributed by atoms with Crippen molar-refractivity contribution in [3.05, 3.63) is 95.8 Å². The molecular weight excluding hydrogens is 498 g/mol. The third kappa shape index (κ3) is 5.86. The van der Waals surface area contributed by atoms with E-state index in [2.05, 4.69) is 40.4 Å². The number of aromatic nitrogens is 3. The standard InChI is InChI=1S/C26H22F2N6O4/c27-26(28)37-22-6-5-17(12-23(22)38-26)34-24(35)19-3-1-2-4-20(19)32-13-16-7-9-30-21(11-16)25(36)31-10-8-18-14-29-15-33-18/h1-7,9,11-12,14-15,32H,8,10,13H2,(H,29,33)(H,31,36)(H,34,35). The summed E-state index contributed by atoms with van der Waals surface area (Å²) in [7, 11) is 0. The molecule has 1 aliphatic heterocycles. The SMILES string of the molecule is O=C(NCCc1cnc[nH]1)c1cc(CNc2ccccc2C(=O)Nc2ccc3c(c2)OC(F)(F)O3)ccn1. The number of imidazole rings is 1. The molecule has 1 aliphatic rings. The summed E-state index contributed by atoms with van der Waals surface area (Å²) < 4.78 is 35.4. The second-order valence-electron chi connectivity index (χ2n) is 8.31. The van der Waals surface area contributed by atoms with Gasteiger partial charge < -0.3 is 30.4 Å². The second-order valence-corrected chi connectivity index (χ2v) is 8.31. The van der Waals surface area contributed by atoms with Crippen LogP contribution in [0.25, 0.3) is 0 Å². The van der Waals surface area contributed by atoms with E-state index in [0.717, 1.165) is 11.3 Å². The average Bonchev–Trinajstić information content (AvgIpc) is 3.53. The number of rotatable bonds is 9. The van der Waals surface area contributed by atoms with Gasteiger partial charge in [-0.25, -0.2) is 4.98 Å². The van der Waals surface area contributed by atoms with Gasteiger partial charge in [0.2, 0.25) is 0 Å². The molecule has 0 unspecified atom stereocenters. The fourth-order valence-electron chi connectivity index (χ4n) is 3.79. The molecule has 0 saturated carbocycles. The number of alkyl halides is 2. The van der Waals surface area contributed by atoms with Crippen molar-refractivity contribution in [1.29, 1.82) is 0 Å². The molecule has 10 nitrogen and oxygen atoms in total. The van der Waals surface area contributed by atoms with Crippen LogP contribution in [0.2, 0.25) is 0 Å². The van der Waals surface area contributed by atoms with Crippen LogP contribution in [0.15, 0.2) is 73.3 Å². The first-order valence-corrected chi connectivity index (χ1v) is 11.6. The number of fused-ring (bicyclic) bond motifs is 1. The van der Waals surface area contributed by atoms with Gasteiger partial charge in [-0.3, -0.25) is 14.6 Å². The number of para-hydroxylation sites is 1. The van der Waals surface area contributed by atoms with E-state index < -0.39 is 12.2 Å². The van der Waals surface area contributed by atoms with Gasteiger partial charge in [-0.05, 0) is 42.0 Å². The molecule has 2 aromatic heterocycles. The highest BCUT2D eigenvalue weighted by Gasteiger charge is 2.43. The summed E-state index contributed by atoms with van der Waals surface area (Å²) in [5.74, 6) is -1.03. The maximum absolute atomic E-state index is 13.3. The predicted molar refractivity (Wildman–Crippen MR) is 133 cm³/mol. The summed E-state index contributed by atoms with van der Waals surface area (Å²) in [6.07, 6.45) is 1.70. The summed E-state index contributed by atoms with van der Waals surface area (Å²) in [4.78, 5) is 36.5. The molecule has 5 rings (SSSR count). The van der Waals surface area contributed by atoms with E-state index in [-0.39, 0.29) is 28.8 Å². The Balaban J connectivity index is 1.20. The van der Waals surface area contributed by atoms with Gasteiger partial charge in [0, 0.05) is 55.0 Å². The summed E-state index contributed by atoms with van der Waals surface area (Å²) in [5, 5.41) is 8.70. The Morgan fingerprint density at radius 2 is 1.84 bits per heavy atom. The topological polar surface area (TPSA) is 130 Å². The van der Waals surface area contributed by atoms with Crippen molar-refractivity contribution >= 4 is 23.2 Å². The minimum Gasteiger partial charge on any atom is -0.395 e. The number of hydrogen-bond donors (Lipinski definition) is 4. The van der Waals surface area contributed by atoms with Crippen LogP contribution in [0.1, 0.15) is 32.1 Å². The smallest absolute Gasteiger partial charge is 0.395 e. The van der Waals surface area contributed by atoms with Crippen molar-refractivity contribution in [2.45, 2.75) is 19.3 Å². The zero-order valence-corrected chi connectivity index (χ0v) is 19.8. The first-order chi connectivity index (χ1) is 18.4. The molecule has 2 amide bonds. The molecule has 0 bridgehead atoms. The normalized spacial score (nSPS) is 13.1. The van der Waals surface area contributed by atoms with Gasteiger partial charge in [0.25, 0.3) is 11.8 Å². The molecule has 4 N–H and O–H groups in total. The molecular formula is C26H22F2N6O4. The fraction of sp³-hybridized carbons (Fsp3) is 0.154. The highest BCUT2D eigenvalue weighted by molar-refractivity contribution is 6.08. The molecule has 38 heavy (non-hydrogen) atoms. The Labute approximate surface area is 215 Å². The summed E-state index contributed by atoms with van der Waals surface area (Å²) in [6, 6.07) is 14.3. The fourth-order valence-corrected chi connectivity index (χ4v) is 3.79. The first-order valence-electron chi connectivity index (χ1n) is 11.6. The number of ether oxygens (including phenoxy) is 2. The maximum atomic E-state index is 13.3. The average molecular weight is 520 g/mol. The van der Waals surface area contributed by atoms with Gasteiger partial charge in [-0.15, -0.1) is 8.78 Å².